The number of nitrogens with one attached hydrogen (secondary N) is 1. The van der Waals surface area contributed by atoms with E-state index in [-0.39, 0.29) is 29.4 Å². The number of carbonyl (C=O) groups is 1. The standard InChI is InChI=1S/C13H16N4O5/c1-4-22-13(19)12(8(2)14-3)16-15-10-6-5-9(17(20)21)7-11(10)18/h5-7,15,18H,4H2,1-3H3/b14-8?,16-12-. The summed E-state index contributed by atoms with van der Waals surface area (Å²) in [5.41, 5.74) is 2.60. The highest BCUT2D eigenvalue weighted by molar-refractivity contribution is 6.65. The number of rotatable bonds is 6. The van der Waals surface area contributed by atoms with E-state index in [1.165, 1.54) is 19.2 Å². The van der Waals surface area contributed by atoms with Crippen molar-refractivity contribution in [3.63, 3.8) is 0 Å². The average Bonchev–Trinajstić information content (AvgIpc) is 2.48. The zero-order valence-electron chi connectivity index (χ0n) is 12.4. The van der Waals surface area contributed by atoms with Crippen molar-refractivity contribution in [3.05, 3.63) is 28.3 Å². The van der Waals surface area contributed by atoms with Gasteiger partial charge in [-0.3, -0.25) is 20.5 Å². The fraction of sp³-hybridized carbons (Fsp3) is 0.308. The molecule has 0 fully saturated rings. The zero-order chi connectivity index (χ0) is 16.7. The Bertz CT molecular complexity index is 639. The van der Waals surface area contributed by atoms with Crippen LogP contribution in [0.5, 0.6) is 5.75 Å². The smallest absolute Gasteiger partial charge is 0.360 e. The lowest BCUT2D eigenvalue weighted by Gasteiger charge is -2.07. The number of esters is 1. The lowest BCUT2D eigenvalue weighted by atomic mass is 10.2. The predicted molar refractivity (Wildman–Crippen MR) is 81.5 cm³/mol. The van der Waals surface area contributed by atoms with Gasteiger partial charge in [-0.05, 0) is 19.9 Å². The summed E-state index contributed by atoms with van der Waals surface area (Å²) in [4.78, 5) is 25.6. The maximum absolute atomic E-state index is 11.8. The number of ether oxygens (including phenoxy) is 1. The predicted octanol–water partition coefficient (Wildman–Crippen LogP) is 1.72. The lowest BCUT2D eigenvalue weighted by molar-refractivity contribution is -0.384. The Morgan fingerprint density at radius 3 is 2.68 bits per heavy atom. The number of nitro benzene ring substituents is 1. The first-order chi connectivity index (χ1) is 10.4. The number of aliphatic imine (C=N–C) groups is 1. The number of hydrogen-bond donors (Lipinski definition) is 2. The van der Waals surface area contributed by atoms with Crippen LogP contribution in [0.4, 0.5) is 11.4 Å². The van der Waals surface area contributed by atoms with Crippen LogP contribution in [0.15, 0.2) is 28.3 Å². The van der Waals surface area contributed by atoms with Crippen LogP contribution in [0.2, 0.25) is 0 Å². The number of phenols is 1. The third kappa shape index (κ3) is 4.27. The molecule has 9 nitrogen and oxygen atoms in total. The lowest BCUT2D eigenvalue weighted by Crippen LogP contribution is -2.25. The van der Waals surface area contributed by atoms with E-state index in [2.05, 4.69) is 15.5 Å². The van der Waals surface area contributed by atoms with E-state index in [9.17, 15) is 20.0 Å². The number of hydrogen-bond acceptors (Lipinski definition) is 8. The molecule has 9 heteroatoms. The molecule has 0 heterocycles. The van der Waals surface area contributed by atoms with Crippen molar-refractivity contribution in [1.29, 1.82) is 0 Å². The first-order valence-corrected chi connectivity index (χ1v) is 6.32. The van der Waals surface area contributed by atoms with Crippen LogP contribution in [-0.2, 0) is 9.53 Å². The maximum Gasteiger partial charge on any atom is 0.360 e. The molecule has 0 aliphatic heterocycles. The SMILES string of the molecule is CCOC(=O)/C(=N\Nc1ccc([N+](=O)[O-])cc1O)C(C)=NC. The van der Waals surface area contributed by atoms with Gasteiger partial charge in [0.05, 0.1) is 29.0 Å². The topological polar surface area (TPSA) is 126 Å². The molecule has 1 aromatic carbocycles. The zero-order valence-corrected chi connectivity index (χ0v) is 12.4. The molecular formula is C13H16N4O5. The van der Waals surface area contributed by atoms with Gasteiger partial charge in [0, 0.05) is 13.1 Å². The summed E-state index contributed by atoms with van der Waals surface area (Å²) >= 11 is 0. The van der Waals surface area contributed by atoms with E-state index < -0.39 is 10.9 Å². The van der Waals surface area contributed by atoms with Gasteiger partial charge in [-0.25, -0.2) is 4.79 Å². The van der Waals surface area contributed by atoms with Crippen molar-refractivity contribution in [1.82, 2.24) is 0 Å². The minimum Gasteiger partial charge on any atom is -0.505 e. The van der Waals surface area contributed by atoms with E-state index in [1.807, 2.05) is 0 Å². The van der Waals surface area contributed by atoms with Gasteiger partial charge in [-0.2, -0.15) is 5.10 Å². The first-order valence-electron chi connectivity index (χ1n) is 6.32. The fourth-order valence-corrected chi connectivity index (χ4v) is 1.42. The number of hydrazone groups is 1. The van der Waals surface area contributed by atoms with Crippen LogP contribution in [-0.4, -0.2) is 41.1 Å². The average molecular weight is 308 g/mol. The monoisotopic (exact) mass is 308 g/mol. The summed E-state index contributed by atoms with van der Waals surface area (Å²) in [5.74, 6) is -1.04. The number of non-ortho nitro benzene ring substituents is 1. The van der Waals surface area contributed by atoms with Gasteiger partial charge in [0.15, 0.2) is 5.71 Å². The van der Waals surface area contributed by atoms with Crippen LogP contribution in [0.3, 0.4) is 0 Å². The minimum atomic E-state index is -0.667. The number of aromatic hydroxyl groups is 1. The Morgan fingerprint density at radius 2 is 2.18 bits per heavy atom. The molecule has 0 saturated carbocycles. The number of phenolic OH excluding ortho intramolecular Hbond substituents is 1. The van der Waals surface area contributed by atoms with Crippen molar-refractivity contribution < 1.29 is 19.6 Å². The maximum atomic E-state index is 11.8. The number of anilines is 1. The molecule has 118 valence electrons. The van der Waals surface area contributed by atoms with Crippen LogP contribution in [0.1, 0.15) is 13.8 Å². The summed E-state index contributed by atoms with van der Waals surface area (Å²) in [6.07, 6.45) is 0. The second kappa shape index (κ2) is 7.72. The van der Waals surface area contributed by atoms with Gasteiger partial charge in [-0.1, -0.05) is 0 Å². The van der Waals surface area contributed by atoms with Gasteiger partial charge >= 0.3 is 5.97 Å². The molecule has 0 radical (unpaired) electrons. The van der Waals surface area contributed by atoms with Crippen LogP contribution >= 0.6 is 0 Å². The van der Waals surface area contributed by atoms with E-state index in [0.29, 0.717) is 5.71 Å². The summed E-state index contributed by atoms with van der Waals surface area (Å²) in [6.45, 7) is 3.41. The Morgan fingerprint density at radius 1 is 1.50 bits per heavy atom. The van der Waals surface area contributed by atoms with Crippen molar-refractivity contribution in [2.24, 2.45) is 10.1 Å². The molecule has 0 saturated heterocycles. The van der Waals surface area contributed by atoms with E-state index >= 15 is 0 Å². The second-order valence-corrected chi connectivity index (χ2v) is 4.06. The quantitative estimate of drug-likeness (QED) is 0.271. The van der Waals surface area contributed by atoms with Gasteiger partial charge in [0.1, 0.15) is 5.75 Å². The molecule has 0 aliphatic carbocycles. The summed E-state index contributed by atoms with van der Waals surface area (Å²) in [5, 5.41) is 24.1. The van der Waals surface area contributed by atoms with Crippen LogP contribution < -0.4 is 5.43 Å². The summed E-state index contributed by atoms with van der Waals surface area (Å²) < 4.78 is 4.85. The van der Waals surface area contributed by atoms with Crippen LogP contribution in [0.25, 0.3) is 0 Å². The molecule has 0 amide bonds. The van der Waals surface area contributed by atoms with Crippen molar-refractivity contribution in [2.45, 2.75) is 13.8 Å². The highest BCUT2D eigenvalue weighted by Crippen LogP contribution is 2.27. The molecule has 2 N–H and O–H groups in total. The summed E-state index contributed by atoms with van der Waals surface area (Å²) in [6, 6.07) is 3.45. The molecule has 0 unspecified atom stereocenters. The number of benzene rings is 1. The normalized spacial score (nSPS) is 12.0. The number of carbonyl (C=O) groups excluding carboxylic acids is 1. The third-order valence-electron chi connectivity index (χ3n) is 2.63. The molecule has 0 aliphatic rings. The molecule has 1 aromatic rings. The molecular weight excluding hydrogens is 292 g/mol. The van der Waals surface area contributed by atoms with E-state index in [0.717, 1.165) is 6.07 Å². The second-order valence-electron chi connectivity index (χ2n) is 4.06. The van der Waals surface area contributed by atoms with E-state index in [1.54, 1.807) is 13.8 Å². The Labute approximate surface area is 126 Å². The highest BCUT2D eigenvalue weighted by Gasteiger charge is 2.17. The molecule has 1 rings (SSSR count). The van der Waals surface area contributed by atoms with Crippen molar-refractivity contribution >= 4 is 28.8 Å². The Kier molecular flexibility index (Phi) is 5.99. The van der Waals surface area contributed by atoms with E-state index in [4.69, 9.17) is 4.74 Å². The largest absolute Gasteiger partial charge is 0.505 e. The summed E-state index contributed by atoms with van der Waals surface area (Å²) in [7, 11) is 1.49. The van der Waals surface area contributed by atoms with Gasteiger partial charge in [0.25, 0.3) is 5.69 Å². The van der Waals surface area contributed by atoms with Crippen molar-refractivity contribution in [2.75, 3.05) is 19.1 Å². The van der Waals surface area contributed by atoms with Gasteiger partial charge in [0.2, 0.25) is 0 Å². The van der Waals surface area contributed by atoms with Crippen molar-refractivity contribution in [3.8, 4) is 5.75 Å². The Balaban J connectivity index is 3.05. The molecule has 0 atom stereocenters. The molecule has 0 bridgehead atoms. The fourth-order valence-electron chi connectivity index (χ4n) is 1.42. The highest BCUT2D eigenvalue weighted by atomic mass is 16.6. The first kappa shape index (κ1) is 17.1. The van der Waals surface area contributed by atoms with Gasteiger partial charge in [-0.15, -0.1) is 0 Å². The molecule has 22 heavy (non-hydrogen) atoms. The number of nitro groups is 1. The van der Waals surface area contributed by atoms with Gasteiger partial charge < -0.3 is 9.84 Å². The Hall–Kier alpha value is -2.97. The molecule has 0 spiro atoms. The number of nitrogens with zero attached hydrogens (tertiary/aromatic N) is 3. The molecule has 0 aromatic heterocycles. The minimum absolute atomic E-state index is 0.0536. The van der Waals surface area contributed by atoms with Crippen LogP contribution in [0, 0.1) is 10.1 Å². The third-order valence-corrected chi connectivity index (χ3v) is 2.63.